The van der Waals surface area contributed by atoms with Gasteiger partial charge in [0.15, 0.2) is 0 Å². The highest BCUT2D eigenvalue weighted by Gasteiger charge is 2.27. The summed E-state index contributed by atoms with van der Waals surface area (Å²) in [6, 6.07) is 17.4. The summed E-state index contributed by atoms with van der Waals surface area (Å²) in [5.74, 6) is 0. The second-order valence-electron chi connectivity index (χ2n) is 4.78. The van der Waals surface area contributed by atoms with E-state index >= 15 is 0 Å². The standard InChI is InChI=1S/C17H19NO/c1-4-17(19,14-8-6-5-7-9-14)15-10-12-16(13-11-15)18(2)3/h4-13,19H,1H2,2-3H3. The van der Waals surface area contributed by atoms with Gasteiger partial charge >= 0.3 is 0 Å². The minimum Gasteiger partial charge on any atom is -0.378 e. The van der Waals surface area contributed by atoms with Crippen LogP contribution in [0.1, 0.15) is 11.1 Å². The van der Waals surface area contributed by atoms with Crippen molar-refractivity contribution in [3.05, 3.63) is 78.4 Å². The van der Waals surface area contributed by atoms with Gasteiger partial charge in [0.05, 0.1) is 0 Å². The van der Waals surface area contributed by atoms with Crippen molar-refractivity contribution in [1.82, 2.24) is 0 Å². The lowest BCUT2D eigenvalue weighted by Gasteiger charge is -2.26. The predicted octanol–water partition coefficient (Wildman–Crippen LogP) is 3.17. The number of benzene rings is 2. The van der Waals surface area contributed by atoms with Crippen LogP contribution in [0.2, 0.25) is 0 Å². The molecule has 2 heteroatoms. The summed E-state index contributed by atoms with van der Waals surface area (Å²) >= 11 is 0. The first-order valence-corrected chi connectivity index (χ1v) is 6.27. The number of nitrogens with zero attached hydrogens (tertiary/aromatic N) is 1. The summed E-state index contributed by atoms with van der Waals surface area (Å²) in [6.45, 7) is 3.78. The average molecular weight is 253 g/mol. The van der Waals surface area contributed by atoms with Crippen LogP contribution in [0.3, 0.4) is 0 Å². The summed E-state index contributed by atoms with van der Waals surface area (Å²) in [5.41, 5.74) is 1.59. The zero-order valence-electron chi connectivity index (χ0n) is 11.4. The minimum absolute atomic E-state index is 0.819. The molecule has 0 saturated carbocycles. The molecule has 98 valence electrons. The molecule has 19 heavy (non-hydrogen) atoms. The molecule has 0 aliphatic rings. The molecule has 0 heterocycles. The Labute approximate surface area is 114 Å². The van der Waals surface area contributed by atoms with Gasteiger partial charge in [-0.25, -0.2) is 0 Å². The van der Waals surface area contributed by atoms with Crippen LogP contribution in [0.15, 0.2) is 67.3 Å². The topological polar surface area (TPSA) is 23.5 Å². The molecular weight excluding hydrogens is 234 g/mol. The lowest BCUT2D eigenvalue weighted by atomic mass is 9.86. The van der Waals surface area contributed by atoms with E-state index in [4.69, 9.17) is 0 Å². The quantitative estimate of drug-likeness (QED) is 0.846. The number of anilines is 1. The lowest BCUT2D eigenvalue weighted by molar-refractivity contribution is 0.135. The number of hydrogen-bond acceptors (Lipinski definition) is 2. The van der Waals surface area contributed by atoms with Crippen LogP contribution in [0.5, 0.6) is 0 Å². The molecule has 0 saturated heterocycles. The maximum atomic E-state index is 10.9. The molecule has 1 N–H and O–H groups in total. The molecule has 0 aliphatic carbocycles. The van der Waals surface area contributed by atoms with Gasteiger partial charge in [0.25, 0.3) is 0 Å². The van der Waals surface area contributed by atoms with Gasteiger partial charge in [0, 0.05) is 19.8 Å². The Morgan fingerprint density at radius 3 is 1.95 bits per heavy atom. The molecule has 0 fully saturated rings. The van der Waals surface area contributed by atoms with Crippen LogP contribution in [0.25, 0.3) is 0 Å². The highest BCUT2D eigenvalue weighted by Crippen LogP contribution is 2.31. The zero-order chi connectivity index (χ0) is 13.9. The van der Waals surface area contributed by atoms with Crippen molar-refractivity contribution in [2.24, 2.45) is 0 Å². The predicted molar refractivity (Wildman–Crippen MR) is 80.4 cm³/mol. The smallest absolute Gasteiger partial charge is 0.133 e. The van der Waals surface area contributed by atoms with Crippen molar-refractivity contribution in [2.45, 2.75) is 5.60 Å². The molecule has 0 radical (unpaired) electrons. The molecular formula is C17H19NO. The first-order valence-electron chi connectivity index (χ1n) is 6.27. The fourth-order valence-corrected chi connectivity index (χ4v) is 2.11. The fourth-order valence-electron chi connectivity index (χ4n) is 2.11. The van der Waals surface area contributed by atoms with Crippen LogP contribution in [-0.4, -0.2) is 19.2 Å². The van der Waals surface area contributed by atoms with Gasteiger partial charge in [0.2, 0.25) is 0 Å². The lowest BCUT2D eigenvalue weighted by Crippen LogP contribution is -2.24. The molecule has 1 atom stereocenters. The van der Waals surface area contributed by atoms with Gasteiger partial charge in [0.1, 0.15) is 5.60 Å². The maximum absolute atomic E-state index is 10.9. The van der Waals surface area contributed by atoms with Crippen molar-refractivity contribution < 1.29 is 5.11 Å². The third-order valence-electron chi connectivity index (χ3n) is 3.33. The largest absolute Gasteiger partial charge is 0.378 e. The van der Waals surface area contributed by atoms with Gasteiger partial charge in [-0.2, -0.15) is 0 Å². The molecule has 1 unspecified atom stereocenters. The monoisotopic (exact) mass is 253 g/mol. The average Bonchev–Trinajstić information content (AvgIpc) is 2.47. The molecule has 2 rings (SSSR count). The van der Waals surface area contributed by atoms with E-state index in [1.54, 1.807) is 6.08 Å². The second-order valence-corrected chi connectivity index (χ2v) is 4.78. The summed E-state index contributed by atoms with van der Waals surface area (Å²) in [4.78, 5) is 2.03. The van der Waals surface area contributed by atoms with E-state index in [0.29, 0.717) is 0 Å². The van der Waals surface area contributed by atoms with Crippen LogP contribution in [-0.2, 0) is 5.60 Å². The first kappa shape index (κ1) is 13.4. The van der Waals surface area contributed by atoms with Gasteiger partial charge in [-0.15, -0.1) is 0 Å². The Balaban J connectivity index is 2.44. The van der Waals surface area contributed by atoms with E-state index in [9.17, 15) is 5.11 Å². The van der Waals surface area contributed by atoms with E-state index in [1.165, 1.54) is 0 Å². The number of aliphatic hydroxyl groups is 1. The Hall–Kier alpha value is -2.06. The number of rotatable bonds is 4. The Morgan fingerprint density at radius 1 is 0.947 bits per heavy atom. The van der Waals surface area contributed by atoms with Gasteiger partial charge in [-0.1, -0.05) is 55.1 Å². The third kappa shape index (κ3) is 2.54. The normalized spacial score (nSPS) is 13.6. The highest BCUT2D eigenvalue weighted by atomic mass is 16.3. The van der Waals surface area contributed by atoms with Crippen LogP contribution in [0, 0.1) is 0 Å². The van der Waals surface area contributed by atoms with Crippen molar-refractivity contribution in [3.63, 3.8) is 0 Å². The first-order chi connectivity index (χ1) is 9.08. The summed E-state index contributed by atoms with van der Waals surface area (Å²) < 4.78 is 0. The molecule has 0 spiro atoms. The maximum Gasteiger partial charge on any atom is 0.133 e. The summed E-state index contributed by atoms with van der Waals surface area (Å²) in [6.07, 6.45) is 1.58. The van der Waals surface area contributed by atoms with Crippen LogP contribution < -0.4 is 4.90 Å². The van der Waals surface area contributed by atoms with Crippen LogP contribution >= 0.6 is 0 Å². The highest BCUT2D eigenvalue weighted by molar-refractivity contribution is 5.50. The molecule has 0 aromatic heterocycles. The molecule has 2 aromatic rings. The second kappa shape index (κ2) is 5.29. The molecule has 2 nitrogen and oxygen atoms in total. The van der Waals surface area contributed by atoms with Crippen LogP contribution in [0.4, 0.5) is 5.69 Å². The van der Waals surface area contributed by atoms with E-state index < -0.39 is 5.60 Å². The minimum atomic E-state index is -1.15. The molecule has 0 aliphatic heterocycles. The van der Waals surface area contributed by atoms with E-state index in [2.05, 4.69) is 6.58 Å². The van der Waals surface area contributed by atoms with Gasteiger partial charge < -0.3 is 10.0 Å². The summed E-state index contributed by atoms with van der Waals surface area (Å²) in [7, 11) is 3.98. The number of hydrogen-bond donors (Lipinski definition) is 1. The third-order valence-corrected chi connectivity index (χ3v) is 3.33. The molecule has 0 bridgehead atoms. The van der Waals surface area contributed by atoms with Crippen molar-refractivity contribution >= 4 is 5.69 Å². The van der Waals surface area contributed by atoms with Gasteiger partial charge in [-0.3, -0.25) is 0 Å². The van der Waals surface area contributed by atoms with Crippen molar-refractivity contribution in [1.29, 1.82) is 0 Å². The molecule has 2 aromatic carbocycles. The van der Waals surface area contributed by atoms with E-state index in [1.807, 2.05) is 73.6 Å². The Kier molecular flexibility index (Phi) is 3.72. The summed E-state index contributed by atoms with van der Waals surface area (Å²) in [5, 5.41) is 10.9. The Bertz CT molecular complexity index is 545. The van der Waals surface area contributed by atoms with Gasteiger partial charge in [-0.05, 0) is 23.3 Å². The van der Waals surface area contributed by atoms with E-state index in [0.717, 1.165) is 16.8 Å². The van der Waals surface area contributed by atoms with E-state index in [-0.39, 0.29) is 0 Å². The zero-order valence-corrected chi connectivity index (χ0v) is 11.4. The van der Waals surface area contributed by atoms with Crippen molar-refractivity contribution in [3.8, 4) is 0 Å². The Morgan fingerprint density at radius 2 is 1.47 bits per heavy atom. The SMILES string of the molecule is C=CC(O)(c1ccccc1)c1ccc(N(C)C)cc1. The van der Waals surface area contributed by atoms with Crippen molar-refractivity contribution in [2.75, 3.05) is 19.0 Å². The molecule has 0 amide bonds. The fraction of sp³-hybridized carbons (Fsp3) is 0.176.